The predicted octanol–water partition coefficient (Wildman–Crippen LogP) is 1.57. The quantitative estimate of drug-likeness (QED) is 0.654. The lowest BCUT2D eigenvalue weighted by Crippen LogP contribution is -2.38. The fourth-order valence-corrected chi connectivity index (χ4v) is 1.27. The molecule has 0 aromatic rings. The first kappa shape index (κ1) is 11.9. The third-order valence-electron chi connectivity index (χ3n) is 2.88. The van der Waals surface area contributed by atoms with E-state index in [0.717, 1.165) is 19.0 Å². The van der Waals surface area contributed by atoms with Crippen LogP contribution in [0.25, 0.3) is 0 Å². The van der Waals surface area contributed by atoms with Crippen molar-refractivity contribution in [3.8, 4) is 0 Å². The molecule has 0 saturated heterocycles. The average molecular weight is 172 g/mol. The summed E-state index contributed by atoms with van der Waals surface area (Å²) in [5.74, 6) is 0.798. The SMILES string of the molecule is CCC(C)C(C)N(C)CCNC. The van der Waals surface area contributed by atoms with E-state index in [0.29, 0.717) is 6.04 Å². The van der Waals surface area contributed by atoms with Gasteiger partial charge in [0.2, 0.25) is 0 Å². The summed E-state index contributed by atoms with van der Waals surface area (Å²) < 4.78 is 0. The number of hydrogen-bond acceptors (Lipinski definition) is 2. The summed E-state index contributed by atoms with van der Waals surface area (Å²) in [5, 5.41) is 3.17. The highest BCUT2D eigenvalue weighted by Gasteiger charge is 2.14. The van der Waals surface area contributed by atoms with Crippen molar-refractivity contribution in [2.45, 2.75) is 33.2 Å². The fourth-order valence-electron chi connectivity index (χ4n) is 1.27. The maximum atomic E-state index is 3.17. The number of likely N-dealkylation sites (N-methyl/N-ethyl adjacent to an activating group) is 2. The molecule has 0 spiro atoms. The van der Waals surface area contributed by atoms with E-state index in [9.17, 15) is 0 Å². The molecule has 0 aromatic heterocycles. The van der Waals surface area contributed by atoms with Gasteiger partial charge in [-0.3, -0.25) is 0 Å². The normalized spacial score (nSPS) is 16.5. The van der Waals surface area contributed by atoms with Crippen LogP contribution in [0.5, 0.6) is 0 Å². The van der Waals surface area contributed by atoms with E-state index in [1.807, 2.05) is 7.05 Å². The van der Waals surface area contributed by atoms with E-state index < -0.39 is 0 Å². The van der Waals surface area contributed by atoms with Crippen LogP contribution in [0.15, 0.2) is 0 Å². The Hall–Kier alpha value is -0.0800. The van der Waals surface area contributed by atoms with E-state index in [4.69, 9.17) is 0 Å². The van der Waals surface area contributed by atoms with Crippen molar-refractivity contribution in [1.29, 1.82) is 0 Å². The molecule has 0 aliphatic rings. The molecule has 0 rings (SSSR count). The first-order valence-electron chi connectivity index (χ1n) is 4.98. The predicted molar refractivity (Wildman–Crippen MR) is 55.5 cm³/mol. The molecule has 0 heterocycles. The van der Waals surface area contributed by atoms with Crippen molar-refractivity contribution in [2.24, 2.45) is 5.92 Å². The Morgan fingerprint density at radius 2 is 1.92 bits per heavy atom. The lowest BCUT2D eigenvalue weighted by atomic mass is 10.00. The van der Waals surface area contributed by atoms with Gasteiger partial charge in [0.05, 0.1) is 0 Å². The van der Waals surface area contributed by atoms with Crippen LogP contribution in [0.2, 0.25) is 0 Å². The Morgan fingerprint density at radius 3 is 2.33 bits per heavy atom. The van der Waals surface area contributed by atoms with Gasteiger partial charge in [-0.05, 0) is 26.9 Å². The summed E-state index contributed by atoms with van der Waals surface area (Å²) in [6.45, 7) is 9.11. The number of nitrogens with one attached hydrogen (secondary N) is 1. The summed E-state index contributed by atoms with van der Waals surface area (Å²) in [6.07, 6.45) is 1.27. The van der Waals surface area contributed by atoms with Crippen molar-refractivity contribution >= 4 is 0 Å². The van der Waals surface area contributed by atoms with Crippen molar-refractivity contribution in [3.63, 3.8) is 0 Å². The highest BCUT2D eigenvalue weighted by Crippen LogP contribution is 2.11. The first-order chi connectivity index (χ1) is 5.63. The van der Waals surface area contributed by atoms with Crippen molar-refractivity contribution < 1.29 is 0 Å². The van der Waals surface area contributed by atoms with Crippen LogP contribution < -0.4 is 5.32 Å². The largest absolute Gasteiger partial charge is 0.318 e. The van der Waals surface area contributed by atoms with Gasteiger partial charge in [-0.1, -0.05) is 20.3 Å². The zero-order chi connectivity index (χ0) is 9.56. The Labute approximate surface area is 77.3 Å². The zero-order valence-electron chi connectivity index (χ0n) is 9.22. The summed E-state index contributed by atoms with van der Waals surface area (Å²) >= 11 is 0. The van der Waals surface area contributed by atoms with E-state index >= 15 is 0 Å². The van der Waals surface area contributed by atoms with Crippen LogP contribution in [-0.2, 0) is 0 Å². The van der Waals surface area contributed by atoms with E-state index in [1.165, 1.54) is 6.42 Å². The minimum absolute atomic E-state index is 0.698. The van der Waals surface area contributed by atoms with Gasteiger partial charge in [-0.25, -0.2) is 0 Å². The van der Waals surface area contributed by atoms with Gasteiger partial charge in [0, 0.05) is 19.1 Å². The minimum atomic E-state index is 0.698. The van der Waals surface area contributed by atoms with Gasteiger partial charge < -0.3 is 10.2 Å². The van der Waals surface area contributed by atoms with Crippen molar-refractivity contribution in [2.75, 3.05) is 27.2 Å². The Bertz CT molecular complexity index is 104. The Morgan fingerprint density at radius 1 is 1.33 bits per heavy atom. The summed E-state index contributed by atoms with van der Waals surface area (Å²) in [4.78, 5) is 2.42. The molecule has 1 N–H and O–H groups in total. The van der Waals surface area contributed by atoms with Crippen LogP contribution in [0.1, 0.15) is 27.2 Å². The number of nitrogens with zero attached hydrogens (tertiary/aromatic N) is 1. The van der Waals surface area contributed by atoms with Gasteiger partial charge in [0.25, 0.3) is 0 Å². The molecule has 0 aliphatic heterocycles. The first-order valence-corrected chi connectivity index (χ1v) is 4.98. The molecule has 0 aliphatic carbocycles. The second-order valence-electron chi connectivity index (χ2n) is 3.71. The highest BCUT2D eigenvalue weighted by molar-refractivity contribution is 4.69. The van der Waals surface area contributed by atoms with Crippen LogP contribution in [0.3, 0.4) is 0 Å². The molecule has 0 aromatic carbocycles. The molecule has 74 valence electrons. The molecule has 0 amide bonds. The summed E-state index contributed by atoms with van der Waals surface area (Å²) in [6, 6.07) is 0.698. The summed E-state index contributed by atoms with van der Waals surface area (Å²) in [5.41, 5.74) is 0. The second kappa shape index (κ2) is 6.44. The topological polar surface area (TPSA) is 15.3 Å². The fraction of sp³-hybridized carbons (Fsp3) is 1.00. The molecule has 2 atom stereocenters. The van der Waals surface area contributed by atoms with Crippen LogP contribution in [0.4, 0.5) is 0 Å². The highest BCUT2D eigenvalue weighted by atomic mass is 15.1. The standard InChI is InChI=1S/C10H24N2/c1-6-9(2)10(3)12(5)8-7-11-4/h9-11H,6-8H2,1-5H3. The molecule has 0 fully saturated rings. The Kier molecular flexibility index (Phi) is 6.39. The van der Waals surface area contributed by atoms with Crippen molar-refractivity contribution in [3.05, 3.63) is 0 Å². The third kappa shape index (κ3) is 4.07. The molecule has 2 unspecified atom stereocenters. The molecule has 12 heavy (non-hydrogen) atoms. The van der Waals surface area contributed by atoms with Gasteiger partial charge in [-0.15, -0.1) is 0 Å². The van der Waals surface area contributed by atoms with Crippen LogP contribution in [0, 0.1) is 5.92 Å². The molecule has 2 heteroatoms. The second-order valence-corrected chi connectivity index (χ2v) is 3.71. The van der Waals surface area contributed by atoms with Crippen LogP contribution in [-0.4, -0.2) is 38.1 Å². The molecule has 0 bridgehead atoms. The maximum absolute atomic E-state index is 3.17. The maximum Gasteiger partial charge on any atom is 0.0107 e. The number of rotatable bonds is 6. The van der Waals surface area contributed by atoms with Crippen molar-refractivity contribution in [1.82, 2.24) is 10.2 Å². The van der Waals surface area contributed by atoms with Gasteiger partial charge in [0.1, 0.15) is 0 Å². The summed E-state index contributed by atoms with van der Waals surface area (Å²) in [7, 11) is 4.20. The third-order valence-corrected chi connectivity index (χ3v) is 2.88. The Balaban J connectivity index is 3.67. The van der Waals surface area contributed by atoms with Gasteiger partial charge in [-0.2, -0.15) is 0 Å². The number of hydrogen-bond donors (Lipinski definition) is 1. The molecular weight excluding hydrogens is 148 g/mol. The average Bonchev–Trinajstić information content (AvgIpc) is 2.11. The van der Waals surface area contributed by atoms with Gasteiger partial charge >= 0.3 is 0 Å². The van der Waals surface area contributed by atoms with Crippen LogP contribution >= 0.6 is 0 Å². The minimum Gasteiger partial charge on any atom is -0.318 e. The smallest absolute Gasteiger partial charge is 0.0107 e. The van der Waals surface area contributed by atoms with E-state index in [2.05, 4.69) is 38.0 Å². The molecular formula is C10H24N2. The van der Waals surface area contributed by atoms with Gasteiger partial charge in [0.15, 0.2) is 0 Å². The molecule has 0 saturated carbocycles. The lowest BCUT2D eigenvalue weighted by Gasteiger charge is -2.29. The molecule has 2 nitrogen and oxygen atoms in total. The monoisotopic (exact) mass is 172 g/mol. The lowest BCUT2D eigenvalue weighted by molar-refractivity contribution is 0.197. The van der Waals surface area contributed by atoms with E-state index in [-0.39, 0.29) is 0 Å². The molecule has 0 radical (unpaired) electrons. The van der Waals surface area contributed by atoms with E-state index in [1.54, 1.807) is 0 Å². The zero-order valence-corrected chi connectivity index (χ0v) is 9.22.